The lowest BCUT2D eigenvalue weighted by Crippen LogP contribution is -2.30. The molecule has 0 spiro atoms. The number of hydrogen-bond acceptors (Lipinski definition) is 5. The molecule has 0 aliphatic heterocycles. The highest BCUT2D eigenvalue weighted by Gasteiger charge is 2.22. The van der Waals surface area contributed by atoms with Gasteiger partial charge in [0.1, 0.15) is 11.6 Å². The molecule has 1 heterocycles. The molecular formula is C17H14Cl2N4O4. The van der Waals surface area contributed by atoms with Crippen molar-refractivity contribution in [2.45, 2.75) is 19.9 Å². The molecule has 8 nitrogen and oxygen atoms in total. The minimum atomic E-state index is -0.730. The molecule has 2 N–H and O–H groups in total. The molecule has 27 heavy (non-hydrogen) atoms. The van der Waals surface area contributed by atoms with Crippen LogP contribution in [-0.4, -0.2) is 21.0 Å². The van der Waals surface area contributed by atoms with Crippen molar-refractivity contribution in [1.82, 2.24) is 15.3 Å². The molecule has 10 heteroatoms. The third kappa shape index (κ3) is 3.96. The van der Waals surface area contributed by atoms with Crippen LogP contribution >= 0.6 is 23.2 Å². The summed E-state index contributed by atoms with van der Waals surface area (Å²) in [6.45, 7) is 3.31. The van der Waals surface area contributed by atoms with Crippen LogP contribution in [0.2, 0.25) is 10.0 Å². The van der Waals surface area contributed by atoms with Gasteiger partial charge < -0.3 is 15.0 Å². The number of imidazole rings is 1. The van der Waals surface area contributed by atoms with Crippen molar-refractivity contribution in [3.05, 3.63) is 61.9 Å². The van der Waals surface area contributed by atoms with Gasteiger partial charge in [-0.2, -0.15) is 0 Å². The fraction of sp³-hybridized carbons (Fsp3) is 0.176. The van der Waals surface area contributed by atoms with Gasteiger partial charge in [0.05, 0.1) is 26.5 Å². The van der Waals surface area contributed by atoms with Gasteiger partial charge in [-0.1, -0.05) is 29.3 Å². The lowest BCUT2D eigenvalue weighted by molar-refractivity contribution is -0.383. The SMILES string of the molecule is Cc1ccc2[nH]c([C@H](C)NC(=O)Oc3ccc(Cl)c(Cl)c3)nc2c1[N+](=O)[O-]. The van der Waals surface area contributed by atoms with Crippen LogP contribution < -0.4 is 10.1 Å². The van der Waals surface area contributed by atoms with Crippen LogP contribution in [0.25, 0.3) is 11.0 Å². The standard InChI is InChI=1S/C17H14Cl2N4O4/c1-8-3-6-13-14(15(8)23(25)26)22-16(21-13)9(2)20-17(24)27-10-4-5-11(18)12(19)7-10/h3-7,9H,1-2H3,(H,20,24)(H,21,22)/t9-/m0/s1. The maximum absolute atomic E-state index is 12.1. The number of carbonyl (C=O) groups is 1. The number of rotatable bonds is 4. The molecule has 0 saturated carbocycles. The normalized spacial score (nSPS) is 12.0. The topological polar surface area (TPSA) is 110 Å². The zero-order valence-electron chi connectivity index (χ0n) is 14.2. The molecule has 1 amide bonds. The van der Waals surface area contributed by atoms with E-state index in [1.807, 2.05) is 0 Å². The van der Waals surface area contributed by atoms with Gasteiger partial charge in [0.25, 0.3) is 5.69 Å². The lowest BCUT2D eigenvalue weighted by atomic mass is 10.2. The Hall–Kier alpha value is -2.84. The van der Waals surface area contributed by atoms with Crippen molar-refractivity contribution in [3.8, 4) is 5.75 Å². The van der Waals surface area contributed by atoms with Gasteiger partial charge in [-0.25, -0.2) is 9.78 Å². The summed E-state index contributed by atoms with van der Waals surface area (Å²) < 4.78 is 5.15. The highest BCUT2D eigenvalue weighted by Crippen LogP contribution is 2.29. The highest BCUT2D eigenvalue weighted by molar-refractivity contribution is 6.42. The first-order chi connectivity index (χ1) is 12.8. The van der Waals surface area contributed by atoms with Gasteiger partial charge in [-0.05, 0) is 32.0 Å². The number of nitrogens with zero attached hydrogens (tertiary/aromatic N) is 2. The Morgan fingerprint density at radius 3 is 2.70 bits per heavy atom. The minimum absolute atomic E-state index is 0.0689. The maximum Gasteiger partial charge on any atom is 0.413 e. The van der Waals surface area contributed by atoms with Crippen LogP contribution in [0.5, 0.6) is 5.75 Å². The van der Waals surface area contributed by atoms with E-state index < -0.39 is 17.1 Å². The molecule has 3 aromatic rings. The van der Waals surface area contributed by atoms with Gasteiger partial charge in [0.15, 0.2) is 5.52 Å². The summed E-state index contributed by atoms with van der Waals surface area (Å²) in [6, 6.07) is 7.20. The Bertz CT molecular complexity index is 1050. The molecule has 3 rings (SSSR count). The number of halogens is 2. The number of nitro benzene ring substituents is 1. The molecule has 2 aromatic carbocycles. The predicted molar refractivity (Wildman–Crippen MR) is 102 cm³/mol. The Balaban J connectivity index is 1.78. The van der Waals surface area contributed by atoms with Crippen LogP contribution in [0.1, 0.15) is 24.4 Å². The number of aromatic nitrogens is 2. The summed E-state index contributed by atoms with van der Waals surface area (Å²) in [5.74, 6) is 0.592. The average molecular weight is 409 g/mol. The van der Waals surface area contributed by atoms with Crippen LogP contribution in [0.4, 0.5) is 10.5 Å². The minimum Gasteiger partial charge on any atom is -0.410 e. The number of amides is 1. The highest BCUT2D eigenvalue weighted by atomic mass is 35.5. The molecule has 1 aromatic heterocycles. The summed E-state index contributed by atoms with van der Waals surface area (Å²) in [6.07, 6.45) is -0.730. The van der Waals surface area contributed by atoms with E-state index in [2.05, 4.69) is 15.3 Å². The molecule has 0 bridgehead atoms. The van der Waals surface area contributed by atoms with Gasteiger partial charge in [0, 0.05) is 11.6 Å². The van der Waals surface area contributed by atoms with Crippen molar-refractivity contribution < 1.29 is 14.5 Å². The summed E-state index contributed by atoms with van der Waals surface area (Å²) in [5, 5.41) is 14.5. The molecule has 0 aliphatic carbocycles. The zero-order valence-corrected chi connectivity index (χ0v) is 15.8. The van der Waals surface area contributed by atoms with Crippen LogP contribution in [0, 0.1) is 17.0 Å². The molecular weight excluding hydrogens is 395 g/mol. The number of fused-ring (bicyclic) bond motifs is 1. The Morgan fingerprint density at radius 1 is 1.30 bits per heavy atom. The smallest absolute Gasteiger partial charge is 0.410 e. The largest absolute Gasteiger partial charge is 0.413 e. The maximum atomic E-state index is 12.1. The second kappa shape index (κ2) is 7.42. The number of hydrogen-bond donors (Lipinski definition) is 2. The first-order valence-corrected chi connectivity index (χ1v) is 8.59. The Morgan fingerprint density at radius 2 is 2.04 bits per heavy atom. The zero-order chi connectivity index (χ0) is 19.7. The number of aromatic amines is 1. The quantitative estimate of drug-likeness (QED) is 0.469. The number of aryl methyl sites for hydroxylation is 1. The third-order valence-electron chi connectivity index (χ3n) is 3.88. The first-order valence-electron chi connectivity index (χ1n) is 7.83. The van der Waals surface area contributed by atoms with Crippen LogP contribution in [0.3, 0.4) is 0 Å². The van der Waals surface area contributed by atoms with E-state index in [1.54, 1.807) is 26.0 Å². The summed E-state index contributed by atoms with van der Waals surface area (Å²) in [7, 11) is 0. The molecule has 1 atom stereocenters. The van der Waals surface area contributed by atoms with Crippen molar-refractivity contribution in [1.29, 1.82) is 0 Å². The van der Waals surface area contributed by atoms with E-state index >= 15 is 0 Å². The molecule has 140 valence electrons. The van der Waals surface area contributed by atoms with E-state index in [9.17, 15) is 14.9 Å². The van der Waals surface area contributed by atoms with Gasteiger partial charge in [0.2, 0.25) is 0 Å². The number of benzene rings is 2. The Kier molecular flexibility index (Phi) is 5.20. The number of nitro groups is 1. The third-order valence-corrected chi connectivity index (χ3v) is 4.62. The van der Waals surface area contributed by atoms with Crippen LogP contribution in [-0.2, 0) is 0 Å². The van der Waals surface area contributed by atoms with Crippen molar-refractivity contribution in [2.75, 3.05) is 0 Å². The van der Waals surface area contributed by atoms with E-state index in [1.165, 1.54) is 18.2 Å². The first kappa shape index (κ1) is 18.9. The number of carbonyl (C=O) groups excluding carboxylic acids is 1. The number of nitrogens with one attached hydrogen (secondary N) is 2. The number of ether oxygens (including phenoxy) is 1. The van der Waals surface area contributed by atoms with Gasteiger partial charge >= 0.3 is 6.09 Å². The van der Waals surface area contributed by atoms with E-state index in [0.717, 1.165) is 0 Å². The fourth-order valence-electron chi connectivity index (χ4n) is 2.54. The second-order valence-corrected chi connectivity index (χ2v) is 6.65. The van der Waals surface area contributed by atoms with Crippen molar-refractivity contribution in [2.24, 2.45) is 0 Å². The molecule has 0 radical (unpaired) electrons. The summed E-state index contributed by atoms with van der Waals surface area (Å²) >= 11 is 11.7. The van der Waals surface area contributed by atoms with Gasteiger partial charge in [-0.3, -0.25) is 10.1 Å². The molecule has 0 saturated heterocycles. The summed E-state index contributed by atoms with van der Waals surface area (Å²) in [4.78, 5) is 30.1. The van der Waals surface area contributed by atoms with E-state index in [0.29, 0.717) is 21.9 Å². The Labute approximate surface area is 163 Å². The summed E-state index contributed by atoms with van der Waals surface area (Å²) in [5.41, 5.74) is 1.18. The van der Waals surface area contributed by atoms with Crippen molar-refractivity contribution in [3.63, 3.8) is 0 Å². The fourth-order valence-corrected chi connectivity index (χ4v) is 2.83. The molecule has 0 fully saturated rings. The van der Waals surface area contributed by atoms with E-state index in [-0.39, 0.29) is 22.0 Å². The monoisotopic (exact) mass is 408 g/mol. The molecule has 0 unspecified atom stereocenters. The lowest BCUT2D eigenvalue weighted by Gasteiger charge is -2.11. The molecule has 0 aliphatic rings. The van der Waals surface area contributed by atoms with Gasteiger partial charge in [-0.15, -0.1) is 0 Å². The van der Waals surface area contributed by atoms with Crippen LogP contribution in [0.15, 0.2) is 30.3 Å². The average Bonchev–Trinajstić information content (AvgIpc) is 3.01. The van der Waals surface area contributed by atoms with Crippen molar-refractivity contribution >= 4 is 46.0 Å². The second-order valence-electron chi connectivity index (χ2n) is 5.84. The predicted octanol–water partition coefficient (Wildman–Crippen LogP) is 4.94. The van der Waals surface area contributed by atoms with E-state index in [4.69, 9.17) is 27.9 Å². The number of H-pyrrole nitrogens is 1.